The number of nitrogens with zero attached hydrogens (tertiary/aromatic N) is 1. The van der Waals surface area contributed by atoms with E-state index < -0.39 is 35.3 Å². The van der Waals surface area contributed by atoms with E-state index in [1.807, 2.05) is 6.07 Å². The quantitative estimate of drug-likeness (QED) is 0.649. The zero-order valence-corrected chi connectivity index (χ0v) is 16.0. The average molecular weight is 409 g/mol. The number of carbonyl (C=O) groups is 3. The van der Waals surface area contributed by atoms with Crippen molar-refractivity contribution in [3.8, 4) is 0 Å². The minimum absolute atomic E-state index is 0.0482. The van der Waals surface area contributed by atoms with Gasteiger partial charge in [0, 0.05) is 18.5 Å². The van der Waals surface area contributed by atoms with Gasteiger partial charge in [0.1, 0.15) is 5.82 Å². The van der Waals surface area contributed by atoms with E-state index in [4.69, 9.17) is 5.11 Å². The van der Waals surface area contributed by atoms with Gasteiger partial charge in [0.05, 0.1) is 11.6 Å². The predicted octanol–water partition coefficient (Wildman–Crippen LogP) is 3.67. The van der Waals surface area contributed by atoms with Crippen LogP contribution in [0, 0.1) is 5.82 Å². The molecule has 0 unspecified atom stereocenters. The highest BCUT2D eigenvalue weighted by molar-refractivity contribution is 6.14. The molecule has 0 saturated carbocycles. The molecule has 30 heavy (non-hydrogen) atoms. The van der Waals surface area contributed by atoms with Gasteiger partial charge in [-0.2, -0.15) is 0 Å². The summed E-state index contributed by atoms with van der Waals surface area (Å²) in [6.07, 6.45) is 2.66. The third-order valence-electron chi connectivity index (χ3n) is 4.79. The summed E-state index contributed by atoms with van der Waals surface area (Å²) >= 11 is 0. The minimum Gasteiger partial charge on any atom is -0.503 e. The number of allylic oxidation sites excluding steroid dienone is 1. The molecule has 154 valence electrons. The van der Waals surface area contributed by atoms with Crippen molar-refractivity contribution >= 4 is 23.7 Å². The second kappa shape index (κ2) is 9.17. The van der Waals surface area contributed by atoms with Gasteiger partial charge >= 0.3 is 5.97 Å². The number of aliphatic carboxylic acids is 1. The Morgan fingerprint density at radius 1 is 1.07 bits per heavy atom. The summed E-state index contributed by atoms with van der Waals surface area (Å²) in [5.41, 5.74) is 0.574. The standard InChI is InChI=1S/C23H20FNO5/c24-17-10-5-4-9-16(17)21-20(18(26)13-12-15-7-2-1-3-8-15)22(29)23(30)25(21)14-6-11-19(27)28/h1-5,7-10,12-13,21,29H,6,11,14H2,(H,27,28)/b13-12+/t21-/m1/s1. The molecule has 0 aromatic heterocycles. The fraction of sp³-hybridized carbons (Fsp3) is 0.174. The van der Waals surface area contributed by atoms with Crippen LogP contribution in [-0.4, -0.2) is 39.3 Å². The van der Waals surface area contributed by atoms with Crippen LogP contribution in [0.25, 0.3) is 6.08 Å². The molecule has 2 aromatic carbocycles. The maximum absolute atomic E-state index is 14.5. The number of carbonyl (C=O) groups excluding carboxylic acids is 2. The zero-order valence-electron chi connectivity index (χ0n) is 16.0. The van der Waals surface area contributed by atoms with Gasteiger partial charge in [0.2, 0.25) is 0 Å². The molecule has 0 fully saturated rings. The molecule has 1 aliphatic rings. The number of carboxylic acids is 1. The summed E-state index contributed by atoms with van der Waals surface area (Å²) in [6.45, 7) is -0.0482. The van der Waals surface area contributed by atoms with Crippen molar-refractivity contribution < 1.29 is 29.0 Å². The lowest BCUT2D eigenvalue weighted by molar-refractivity contribution is -0.138. The Labute approximate surface area is 172 Å². The van der Waals surface area contributed by atoms with E-state index >= 15 is 0 Å². The molecular formula is C23H20FNO5. The summed E-state index contributed by atoms with van der Waals surface area (Å²) in [5, 5.41) is 19.3. The predicted molar refractivity (Wildman–Crippen MR) is 108 cm³/mol. The van der Waals surface area contributed by atoms with Crippen molar-refractivity contribution in [2.45, 2.75) is 18.9 Å². The van der Waals surface area contributed by atoms with Gasteiger partial charge in [-0.25, -0.2) is 4.39 Å². The highest BCUT2D eigenvalue weighted by Crippen LogP contribution is 2.39. The molecule has 1 amide bonds. The Bertz CT molecular complexity index is 1030. The molecule has 3 rings (SSSR count). The van der Waals surface area contributed by atoms with E-state index in [9.17, 15) is 23.9 Å². The zero-order chi connectivity index (χ0) is 21.7. The fourth-order valence-corrected chi connectivity index (χ4v) is 3.38. The molecule has 2 aromatic rings. The van der Waals surface area contributed by atoms with Gasteiger partial charge < -0.3 is 15.1 Å². The first-order valence-electron chi connectivity index (χ1n) is 9.38. The highest BCUT2D eigenvalue weighted by atomic mass is 19.1. The lowest BCUT2D eigenvalue weighted by Gasteiger charge is -2.26. The maximum atomic E-state index is 14.5. The fourth-order valence-electron chi connectivity index (χ4n) is 3.38. The molecule has 0 radical (unpaired) electrons. The van der Waals surface area contributed by atoms with Crippen LogP contribution in [-0.2, 0) is 14.4 Å². The first-order chi connectivity index (χ1) is 14.4. The number of aliphatic hydroxyl groups is 1. The Morgan fingerprint density at radius 3 is 2.40 bits per heavy atom. The van der Waals surface area contributed by atoms with E-state index in [2.05, 4.69) is 0 Å². The third-order valence-corrected chi connectivity index (χ3v) is 4.79. The maximum Gasteiger partial charge on any atom is 0.303 e. The summed E-state index contributed by atoms with van der Waals surface area (Å²) in [7, 11) is 0. The molecule has 0 spiro atoms. The van der Waals surface area contributed by atoms with E-state index in [0.717, 1.165) is 10.5 Å². The van der Waals surface area contributed by atoms with Gasteiger partial charge in [0.15, 0.2) is 11.5 Å². The molecule has 2 N–H and O–H groups in total. The molecular weight excluding hydrogens is 389 g/mol. The summed E-state index contributed by atoms with van der Waals surface area (Å²) < 4.78 is 14.5. The van der Waals surface area contributed by atoms with Gasteiger partial charge in [-0.15, -0.1) is 0 Å². The average Bonchev–Trinajstić information content (AvgIpc) is 2.98. The Kier molecular flexibility index (Phi) is 6.41. The summed E-state index contributed by atoms with van der Waals surface area (Å²) in [6, 6.07) is 13.5. The van der Waals surface area contributed by atoms with Crippen LogP contribution in [0.1, 0.15) is 30.0 Å². The van der Waals surface area contributed by atoms with Crippen molar-refractivity contribution in [1.82, 2.24) is 4.90 Å². The molecule has 0 aliphatic carbocycles. The summed E-state index contributed by atoms with van der Waals surface area (Å²) in [4.78, 5) is 37.5. The number of hydrogen-bond donors (Lipinski definition) is 2. The molecule has 0 bridgehead atoms. The molecule has 7 heteroatoms. The largest absolute Gasteiger partial charge is 0.503 e. The van der Waals surface area contributed by atoms with E-state index in [1.54, 1.807) is 36.4 Å². The summed E-state index contributed by atoms with van der Waals surface area (Å²) in [5.74, 6) is -3.88. The number of halogens is 1. The van der Waals surface area contributed by atoms with Crippen LogP contribution < -0.4 is 0 Å². The van der Waals surface area contributed by atoms with Gasteiger partial charge in [-0.3, -0.25) is 14.4 Å². The van der Waals surface area contributed by atoms with Crippen LogP contribution in [0.2, 0.25) is 0 Å². The molecule has 1 atom stereocenters. The van der Waals surface area contributed by atoms with Crippen LogP contribution >= 0.6 is 0 Å². The van der Waals surface area contributed by atoms with Crippen LogP contribution in [0.5, 0.6) is 0 Å². The normalized spacial score (nSPS) is 16.5. The van der Waals surface area contributed by atoms with Crippen LogP contribution in [0.15, 0.2) is 72.0 Å². The molecule has 6 nitrogen and oxygen atoms in total. The number of aliphatic hydroxyl groups excluding tert-OH is 1. The first kappa shape index (κ1) is 21.0. The van der Waals surface area contributed by atoms with E-state index in [-0.39, 0.29) is 30.5 Å². The second-order valence-corrected chi connectivity index (χ2v) is 6.79. The van der Waals surface area contributed by atoms with Crippen LogP contribution in [0.3, 0.4) is 0 Å². The van der Waals surface area contributed by atoms with Gasteiger partial charge in [0.25, 0.3) is 5.91 Å². The van der Waals surface area contributed by atoms with Gasteiger partial charge in [-0.1, -0.05) is 54.6 Å². The second-order valence-electron chi connectivity index (χ2n) is 6.79. The Morgan fingerprint density at radius 2 is 1.73 bits per heavy atom. The number of rotatable bonds is 8. The topological polar surface area (TPSA) is 94.9 Å². The van der Waals surface area contributed by atoms with Crippen molar-refractivity contribution in [3.05, 3.63) is 88.9 Å². The first-order valence-corrected chi connectivity index (χ1v) is 9.38. The highest BCUT2D eigenvalue weighted by Gasteiger charge is 2.43. The number of carboxylic acid groups (broad SMARTS) is 1. The van der Waals surface area contributed by atoms with Crippen LogP contribution in [0.4, 0.5) is 4.39 Å². The number of hydrogen-bond acceptors (Lipinski definition) is 4. The lowest BCUT2D eigenvalue weighted by Crippen LogP contribution is -2.32. The Hall–Kier alpha value is -3.74. The lowest BCUT2D eigenvalue weighted by atomic mass is 9.95. The van der Waals surface area contributed by atoms with E-state index in [0.29, 0.717) is 0 Å². The monoisotopic (exact) mass is 409 g/mol. The van der Waals surface area contributed by atoms with Crippen molar-refractivity contribution in [3.63, 3.8) is 0 Å². The number of benzene rings is 2. The molecule has 1 aliphatic heterocycles. The SMILES string of the molecule is O=C(O)CCCN1C(=O)C(O)=C(C(=O)/C=C/c2ccccc2)[C@H]1c1ccccc1F. The Balaban J connectivity index is 1.96. The molecule has 0 saturated heterocycles. The van der Waals surface area contributed by atoms with Crippen molar-refractivity contribution in [2.75, 3.05) is 6.54 Å². The van der Waals surface area contributed by atoms with Crippen molar-refractivity contribution in [2.24, 2.45) is 0 Å². The number of amides is 1. The number of ketones is 1. The van der Waals surface area contributed by atoms with E-state index in [1.165, 1.54) is 24.3 Å². The smallest absolute Gasteiger partial charge is 0.303 e. The third kappa shape index (κ3) is 4.46. The molecule has 1 heterocycles. The van der Waals surface area contributed by atoms with Gasteiger partial charge in [-0.05, 0) is 24.1 Å². The van der Waals surface area contributed by atoms with Crippen molar-refractivity contribution in [1.29, 1.82) is 0 Å². The minimum atomic E-state index is -1.14.